The van der Waals surface area contributed by atoms with Gasteiger partial charge in [0.15, 0.2) is 0 Å². The number of alkyl halides is 3. The van der Waals surface area contributed by atoms with Crippen LogP contribution in [0.25, 0.3) is 0 Å². The van der Waals surface area contributed by atoms with Gasteiger partial charge in [-0.25, -0.2) is 12.7 Å². The monoisotopic (exact) mass is 627 g/mol. The summed E-state index contributed by atoms with van der Waals surface area (Å²) in [4.78, 5) is 31.8. The Hall–Kier alpha value is -3.00. The van der Waals surface area contributed by atoms with E-state index in [-0.39, 0.29) is 73.9 Å². The molecular formula is C28H33ClF3N5O4S. The average Bonchev–Trinajstić information content (AvgIpc) is 3.50. The molecule has 1 atom stereocenters. The largest absolute Gasteiger partial charge is 0.416 e. The number of rotatable bonds is 6. The zero-order valence-corrected chi connectivity index (χ0v) is 24.6. The van der Waals surface area contributed by atoms with E-state index in [0.29, 0.717) is 18.7 Å². The van der Waals surface area contributed by atoms with Gasteiger partial charge in [-0.15, -0.1) is 12.4 Å². The van der Waals surface area contributed by atoms with Gasteiger partial charge in [-0.05, 0) is 68.0 Å². The summed E-state index contributed by atoms with van der Waals surface area (Å²) < 4.78 is 67.1. The Morgan fingerprint density at radius 1 is 1.14 bits per heavy atom. The molecule has 5 rings (SSSR count). The first kappa shape index (κ1) is 31.9. The summed E-state index contributed by atoms with van der Waals surface area (Å²) in [6.07, 6.45) is -3.26. The van der Waals surface area contributed by atoms with Gasteiger partial charge in [0.1, 0.15) is 11.4 Å². The standard InChI is InChI=1S/C28H32F3N5O4S.ClH/c1-18-15-21(25(37)35-11-7-23(32)17-35)6-5-19(18)8-14-41(39,40)36-12-9-27(10-13-36)26(38)33-24(34-27)20-3-2-4-22(16-20)28(29,30)31;/h2-6,15-16,23H,7-14,17,32H2,1H3,(H,33,34,38);1H. The Kier molecular flexibility index (Phi) is 9.08. The van der Waals surface area contributed by atoms with Gasteiger partial charge >= 0.3 is 6.18 Å². The van der Waals surface area contributed by atoms with Crippen LogP contribution in [0, 0.1) is 6.92 Å². The molecular weight excluding hydrogens is 595 g/mol. The fourth-order valence-corrected chi connectivity index (χ4v) is 7.08. The lowest BCUT2D eigenvalue weighted by Gasteiger charge is -2.34. The topological polar surface area (TPSA) is 125 Å². The van der Waals surface area contributed by atoms with Gasteiger partial charge < -0.3 is 16.0 Å². The summed E-state index contributed by atoms with van der Waals surface area (Å²) in [7, 11) is -3.66. The molecule has 0 saturated carbocycles. The molecule has 3 N–H and O–H groups in total. The lowest BCUT2D eigenvalue weighted by atomic mass is 9.89. The number of nitrogens with one attached hydrogen (secondary N) is 1. The number of aliphatic imine (C=N–C) groups is 1. The van der Waals surface area contributed by atoms with Gasteiger partial charge in [0.2, 0.25) is 10.0 Å². The average molecular weight is 628 g/mol. The zero-order chi connectivity index (χ0) is 29.6. The molecule has 0 bridgehead atoms. The Balaban J connectivity index is 0.00000405. The Labute approximate surface area is 248 Å². The normalized spacial score (nSPS) is 20.8. The number of benzene rings is 2. The molecule has 0 aromatic heterocycles. The third kappa shape index (κ3) is 6.48. The number of piperidine rings is 1. The van der Waals surface area contributed by atoms with Gasteiger partial charge in [-0.1, -0.05) is 18.2 Å². The molecule has 42 heavy (non-hydrogen) atoms. The van der Waals surface area contributed by atoms with Crippen molar-refractivity contribution < 1.29 is 31.2 Å². The second-order valence-corrected chi connectivity index (χ2v) is 13.0. The Bertz CT molecular complexity index is 1510. The minimum Gasteiger partial charge on any atom is -0.337 e. The van der Waals surface area contributed by atoms with Crippen LogP contribution in [0.15, 0.2) is 47.5 Å². The number of hydrogen-bond acceptors (Lipinski definition) is 6. The first-order valence-electron chi connectivity index (χ1n) is 13.5. The van der Waals surface area contributed by atoms with Crippen LogP contribution in [0.3, 0.4) is 0 Å². The van der Waals surface area contributed by atoms with E-state index in [1.54, 1.807) is 23.1 Å². The molecule has 0 aliphatic carbocycles. The summed E-state index contributed by atoms with van der Waals surface area (Å²) in [5.41, 5.74) is 6.19. The minimum absolute atomic E-state index is 0. The third-order valence-corrected chi connectivity index (χ3v) is 9.99. The van der Waals surface area contributed by atoms with Crippen molar-refractivity contribution in [3.8, 4) is 0 Å². The van der Waals surface area contributed by atoms with Crippen molar-refractivity contribution in [2.24, 2.45) is 10.7 Å². The van der Waals surface area contributed by atoms with E-state index < -0.39 is 33.2 Å². The van der Waals surface area contributed by atoms with Crippen molar-refractivity contribution in [1.82, 2.24) is 14.5 Å². The van der Waals surface area contributed by atoms with Gasteiger partial charge in [0, 0.05) is 43.3 Å². The number of sulfonamides is 1. The van der Waals surface area contributed by atoms with Crippen molar-refractivity contribution in [3.05, 3.63) is 70.3 Å². The van der Waals surface area contributed by atoms with E-state index in [1.807, 2.05) is 6.92 Å². The number of hydrogen-bond donors (Lipinski definition) is 2. The SMILES string of the molecule is Cc1cc(C(=O)N2CCC(N)C2)ccc1CCS(=O)(=O)N1CCC2(CC1)N=C(c1cccc(C(F)(F)F)c1)NC2=O.Cl. The highest BCUT2D eigenvalue weighted by molar-refractivity contribution is 7.89. The predicted molar refractivity (Wildman–Crippen MR) is 154 cm³/mol. The second-order valence-electron chi connectivity index (χ2n) is 10.9. The van der Waals surface area contributed by atoms with Crippen LogP contribution in [0.5, 0.6) is 0 Å². The fraction of sp³-hybridized carbons (Fsp3) is 0.464. The van der Waals surface area contributed by atoms with Crippen molar-refractivity contribution in [2.45, 2.75) is 50.4 Å². The molecule has 2 aromatic rings. The third-order valence-electron chi connectivity index (χ3n) is 8.12. The number of likely N-dealkylation sites (tertiary alicyclic amines) is 1. The number of amidine groups is 1. The molecule has 1 unspecified atom stereocenters. The van der Waals surface area contributed by atoms with E-state index in [4.69, 9.17) is 5.73 Å². The Morgan fingerprint density at radius 3 is 2.48 bits per heavy atom. The van der Waals surface area contributed by atoms with E-state index in [2.05, 4.69) is 10.3 Å². The molecule has 14 heteroatoms. The molecule has 228 valence electrons. The number of amides is 2. The first-order chi connectivity index (χ1) is 19.3. The maximum absolute atomic E-state index is 13.2. The number of aryl methyl sites for hydroxylation is 2. The molecule has 1 spiro atoms. The maximum Gasteiger partial charge on any atom is 0.416 e. The first-order valence-corrected chi connectivity index (χ1v) is 15.1. The zero-order valence-electron chi connectivity index (χ0n) is 23.0. The van der Waals surface area contributed by atoms with Crippen LogP contribution >= 0.6 is 12.4 Å². The van der Waals surface area contributed by atoms with Gasteiger partial charge in [-0.2, -0.15) is 13.2 Å². The van der Waals surface area contributed by atoms with Crippen LogP contribution < -0.4 is 11.1 Å². The lowest BCUT2D eigenvalue weighted by molar-refractivity contribution is -0.137. The molecule has 9 nitrogen and oxygen atoms in total. The highest BCUT2D eigenvalue weighted by atomic mass is 35.5. The van der Waals surface area contributed by atoms with E-state index in [1.165, 1.54) is 16.4 Å². The predicted octanol–water partition coefficient (Wildman–Crippen LogP) is 2.89. The number of nitrogens with zero attached hydrogens (tertiary/aromatic N) is 3. The summed E-state index contributed by atoms with van der Waals surface area (Å²) in [5.74, 6) is -0.608. The van der Waals surface area contributed by atoms with Gasteiger partial charge in [-0.3, -0.25) is 14.6 Å². The van der Waals surface area contributed by atoms with Crippen molar-refractivity contribution in [1.29, 1.82) is 0 Å². The molecule has 3 aliphatic heterocycles. The number of carbonyl (C=O) groups is 2. The summed E-state index contributed by atoms with van der Waals surface area (Å²) in [6.45, 7) is 3.13. The van der Waals surface area contributed by atoms with Crippen LogP contribution in [0.2, 0.25) is 0 Å². The van der Waals surface area contributed by atoms with Gasteiger partial charge in [0.25, 0.3) is 11.8 Å². The molecule has 2 aromatic carbocycles. The number of carbonyl (C=O) groups excluding carboxylic acids is 2. The van der Waals surface area contributed by atoms with Crippen molar-refractivity contribution in [3.63, 3.8) is 0 Å². The Morgan fingerprint density at radius 2 is 1.86 bits per heavy atom. The van der Waals surface area contributed by atoms with Crippen LogP contribution in [-0.4, -0.2) is 78.8 Å². The maximum atomic E-state index is 13.2. The second kappa shape index (κ2) is 11.9. The highest BCUT2D eigenvalue weighted by Crippen LogP contribution is 2.34. The molecule has 3 aliphatic rings. The summed E-state index contributed by atoms with van der Waals surface area (Å²) >= 11 is 0. The van der Waals surface area contributed by atoms with E-state index in [0.717, 1.165) is 29.7 Å². The highest BCUT2D eigenvalue weighted by Gasteiger charge is 2.47. The van der Waals surface area contributed by atoms with Crippen molar-refractivity contribution in [2.75, 3.05) is 31.9 Å². The van der Waals surface area contributed by atoms with Crippen LogP contribution in [0.1, 0.15) is 51.9 Å². The molecule has 2 fully saturated rings. The van der Waals surface area contributed by atoms with E-state index in [9.17, 15) is 31.2 Å². The molecule has 0 radical (unpaired) electrons. The van der Waals surface area contributed by atoms with Crippen LogP contribution in [0.4, 0.5) is 13.2 Å². The van der Waals surface area contributed by atoms with E-state index >= 15 is 0 Å². The number of halogens is 4. The quantitative estimate of drug-likeness (QED) is 0.510. The molecule has 2 saturated heterocycles. The lowest BCUT2D eigenvalue weighted by Crippen LogP contribution is -2.50. The summed E-state index contributed by atoms with van der Waals surface area (Å²) in [6, 6.07) is 9.84. The van der Waals surface area contributed by atoms with Crippen LogP contribution in [-0.2, 0) is 27.4 Å². The number of nitrogens with two attached hydrogens (primary N) is 1. The summed E-state index contributed by atoms with van der Waals surface area (Å²) in [5, 5.41) is 2.59. The molecule has 2 amide bonds. The smallest absolute Gasteiger partial charge is 0.337 e. The van der Waals surface area contributed by atoms with Gasteiger partial charge in [0.05, 0.1) is 11.3 Å². The van der Waals surface area contributed by atoms with Crippen molar-refractivity contribution >= 4 is 40.1 Å². The fourth-order valence-electron chi connectivity index (χ4n) is 5.60. The minimum atomic E-state index is -4.53. The molecule has 3 heterocycles.